The molecule has 1 aromatic heterocycles. The van der Waals surface area contributed by atoms with Gasteiger partial charge in [0.05, 0.1) is 28.7 Å². The van der Waals surface area contributed by atoms with Gasteiger partial charge in [0, 0.05) is 71.5 Å². The van der Waals surface area contributed by atoms with Crippen molar-refractivity contribution in [2.45, 2.75) is 108 Å². The summed E-state index contributed by atoms with van der Waals surface area (Å²) >= 11 is 0. The summed E-state index contributed by atoms with van der Waals surface area (Å²) in [6.45, 7) is 9.08. The van der Waals surface area contributed by atoms with E-state index in [9.17, 15) is 21.6 Å². The van der Waals surface area contributed by atoms with E-state index in [0.29, 0.717) is 45.1 Å². The quantitative estimate of drug-likeness (QED) is 0.298. The lowest BCUT2D eigenvalue weighted by molar-refractivity contribution is -0.137. The minimum Gasteiger partial charge on any atom is -0.497 e. The molecule has 0 radical (unpaired) electrons. The lowest BCUT2D eigenvalue weighted by atomic mass is 9.53. The fraction of sp³-hybridized carbons (Fsp3) is 0.610. The number of fused-ring (bicyclic) bond motifs is 7. The van der Waals surface area contributed by atoms with E-state index in [1.165, 1.54) is 12.0 Å². The molecule has 5 fully saturated rings. The number of nitrogens with zero attached hydrogens (tertiary/aromatic N) is 3. The minimum absolute atomic E-state index is 0.0298. The van der Waals surface area contributed by atoms with Crippen LogP contribution in [0.1, 0.15) is 112 Å². The summed E-state index contributed by atoms with van der Waals surface area (Å²) in [4.78, 5) is 30.9. The number of hydrogen-bond acceptors (Lipinski definition) is 7. The number of benzene rings is 2. The van der Waals surface area contributed by atoms with Gasteiger partial charge in [-0.25, -0.2) is 25.9 Å². The van der Waals surface area contributed by atoms with E-state index in [1.807, 2.05) is 18.2 Å². The second kappa shape index (κ2) is 12.0. The Bertz CT molecular complexity index is 2310. The first-order valence-electron chi connectivity index (χ1n) is 19.8. The van der Waals surface area contributed by atoms with Crippen molar-refractivity contribution < 1.29 is 31.2 Å². The Morgan fingerprint density at radius 1 is 0.852 bits per heavy atom. The molecule has 6 aliphatic rings. The number of carbonyl (C=O) groups excluding carboxylic acids is 2. The smallest absolute Gasteiger partial charge is 0.264 e. The lowest BCUT2D eigenvalue weighted by Gasteiger charge is -2.48. The van der Waals surface area contributed by atoms with Crippen molar-refractivity contribution in [3.8, 4) is 17.0 Å². The molecule has 4 atom stereocenters. The molecule has 2 unspecified atom stereocenters. The average molecular weight is 777 g/mol. The van der Waals surface area contributed by atoms with Gasteiger partial charge in [-0.2, -0.15) is 0 Å². The molecular formula is C41H52N4O7S2. The van der Waals surface area contributed by atoms with E-state index in [0.717, 1.165) is 72.0 Å². The Balaban J connectivity index is 1.16. The summed E-state index contributed by atoms with van der Waals surface area (Å²) < 4.78 is 64.1. The van der Waals surface area contributed by atoms with Crippen LogP contribution in [0.3, 0.4) is 0 Å². The Kier molecular flexibility index (Phi) is 8.08. The number of ether oxygens (including phenoxy) is 1. The first-order valence-corrected chi connectivity index (χ1v) is 22.8. The van der Waals surface area contributed by atoms with Gasteiger partial charge in [-0.05, 0) is 107 Å². The highest BCUT2D eigenvalue weighted by atomic mass is 32.2. The summed E-state index contributed by atoms with van der Waals surface area (Å²) in [6.07, 6.45) is 8.12. The number of rotatable bonds is 8. The molecule has 54 heavy (non-hydrogen) atoms. The van der Waals surface area contributed by atoms with E-state index in [-0.39, 0.29) is 28.2 Å². The second-order valence-corrected chi connectivity index (χ2v) is 22.6. The predicted octanol–water partition coefficient (Wildman–Crippen LogP) is 5.98. The van der Waals surface area contributed by atoms with Crippen LogP contribution in [-0.4, -0.2) is 86.2 Å². The lowest BCUT2D eigenvalue weighted by Crippen LogP contribution is -2.49. The van der Waals surface area contributed by atoms with Gasteiger partial charge in [-0.3, -0.25) is 9.59 Å². The number of amides is 2. The molecule has 2 saturated heterocycles. The first-order chi connectivity index (χ1) is 25.6. The van der Waals surface area contributed by atoms with Crippen molar-refractivity contribution in [2.75, 3.05) is 33.3 Å². The highest BCUT2D eigenvalue weighted by Gasteiger charge is 2.73. The van der Waals surface area contributed by atoms with E-state index in [2.05, 4.69) is 26.3 Å². The SMILES string of the molecule is COc1ccc2c(c1)[C@@H]1C[C@]1(C(=O)N1CC34CCC3(C1)CN(S(=O)(=O)C(C)C)C4)Cn1c-2c(C2CCCCC2)c2ccc(C(=O)NS(=O)(=O)C(C)C)cc21. The molecule has 3 aromatic rings. The zero-order valence-corrected chi connectivity index (χ0v) is 33.6. The molecular weight excluding hydrogens is 725 g/mol. The molecule has 0 spiro atoms. The highest BCUT2D eigenvalue weighted by Crippen LogP contribution is 2.70. The molecule has 2 amide bonds. The van der Waals surface area contributed by atoms with E-state index >= 15 is 4.79 Å². The molecule has 13 heteroatoms. The molecule has 11 nitrogen and oxygen atoms in total. The Morgan fingerprint density at radius 2 is 1.54 bits per heavy atom. The fourth-order valence-corrected chi connectivity index (χ4v) is 13.2. The number of methoxy groups -OCH3 is 1. The molecule has 3 aliphatic heterocycles. The fourth-order valence-electron chi connectivity index (χ4n) is 11.1. The summed E-state index contributed by atoms with van der Waals surface area (Å²) in [5, 5.41) is -0.201. The highest BCUT2D eigenvalue weighted by molar-refractivity contribution is 7.90. The first kappa shape index (κ1) is 36.2. The number of carbonyl (C=O) groups is 2. The zero-order valence-electron chi connectivity index (χ0n) is 32.0. The third-order valence-corrected chi connectivity index (χ3v) is 18.3. The number of sulfonamides is 2. The third-order valence-electron chi connectivity index (χ3n) is 14.5. The van der Waals surface area contributed by atoms with Crippen LogP contribution in [0, 0.1) is 16.2 Å². The average Bonchev–Trinajstić information content (AvgIpc) is 3.67. The van der Waals surface area contributed by atoms with Crippen LogP contribution in [-0.2, 0) is 31.4 Å². The Hall–Kier alpha value is -3.42. The van der Waals surface area contributed by atoms with Gasteiger partial charge in [-0.15, -0.1) is 0 Å². The number of likely N-dealkylation sites (tertiary alicyclic amines) is 1. The maximum atomic E-state index is 15.3. The number of aromatic nitrogens is 1. The topological polar surface area (TPSA) is 135 Å². The molecule has 3 saturated carbocycles. The molecule has 3 aliphatic carbocycles. The van der Waals surface area contributed by atoms with Crippen LogP contribution >= 0.6 is 0 Å². The molecule has 9 rings (SSSR count). The van der Waals surface area contributed by atoms with Gasteiger partial charge in [0.15, 0.2) is 0 Å². The van der Waals surface area contributed by atoms with Gasteiger partial charge in [-0.1, -0.05) is 25.3 Å². The van der Waals surface area contributed by atoms with Gasteiger partial charge in [0.25, 0.3) is 5.91 Å². The third kappa shape index (κ3) is 5.05. The minimum atomic E-state index is -3.85. The monoisotopic (exact) mass is 776 g/mol. The second-order valence-electron chi connectivity index (χ2n) is 17.9. The number of nitrogens with one attached hydrogen (secondary N) is 1. The van der Waals surface area contributed by atoms with Crippen molar-refractivity contribution in [3.63, 3.8) is 0 Å². The van der Waals surface area contributed by atoms with Crippen LogP contribution < -0.4 is 9.46 Å². The van der Waals surface area contributed by atoms with Crippen LogP contribution in [0.4, 0.5) is 0 Å². The van der Waals surface area contributed by atoms with E-state index < -0.39 is 41.9 Å². The summed E-state index contributed by atoms with van der Waals surface area (Å²) in [7, 11) is -5.57. The summed E-state index contributed by atoms with van der Waals surface area (Å²) in [5.74, 6) is 0.485. The van der Waals surface area contributed by atoms with Crippen molar-refractivity contribution in [1.29, 1.82) is 0 Å². The molecule has 0 bridgehead atoms. The van der Waals surface area contributed by atoms with E-state index in [1.54, 1.807) is 45.2 Å². The van der Waals surface area contributed by atoms with Crippen molar-refractivity contribution in [2.24, 2.45) is 16.2 Å². The van der Waals surface area contributed by atoms with Crippen LogP contribution in [0.25, 0.3) is 22.2 Å². The number of hydrogen-bond donors (Lipinski definition) is 1. The Morgan fingerprint density at radius 3 is 2.15 bits per heavy atom. The Labute approximate surface area is 318 Å². The van der Waals surface area contributed by atoms with Crippen molar-refractivity contribution >= 4 is 42.8 Å². The van der Waals surface area contributed by atoms with Crippen molar-refractivity contribution in [3.05, 3.63) is 53.1 Å². The van der Waals surface area contributed by atoms with Crippen LogP contribution in [0.5, 0.6) is 5.75 Å². The van der Waals surface area contributed by atoms with Gasteiger partial charge in [0.1, 0.15) is 5.75 Å². The maximum absolute atomic E-state index is 15.3. The molecule has 1 N–H and O–H groups in total. The molecule has 290 valence electrons. The normalized spacial score (nSPS) is 29.2. The zero-order chi connectivity index (χ0) is 38.2. The maximum Gasteiger partial charge on any atom is 0.264 e. The van der Waals surface area contributed by atoms with Gasteiger partial charge < -0.3 is 14.2 Å². The largest absolute Gasteiger partial charge is 0.497 e. The standard InChI is InChI=1S/C41H52N4O7S2/c1-25(2)53(48,49)42-37(46)28-11-13-31-34(17-28)45-24-41(38(47)43-20-39-15-16-40(39,21-43)23-44(22-39)54(50,51)26(3)4)19-33(41)32-18-29(52-5)12-14-30(32)36(45)35(31)27-9-7-6-8-10-27/h11-14,17-18,25-27,33H,6-10,15-16,19-24H2,1-5H3,(H,42,46)/t33-,39?,40?,41-/m0/s1. The van der Waals surface area contributed by atoms with Gasteiger partial charge >= 0.3 is 0 Å². The van der Waals surface area contributed by atoms with Gasteiger partial charge in [0.2, 0.25) is 26.0 Å². The summed E-state index contributed by atoms with van der Waals surface area (Å²) in [5.41, 5.74) is 4.48. The summed E-state index contributed by atoms with van der Waals surface area (Å²) in [6, 6.07) is 11.8. The molecule has 2 aromatic carbocycles. The predicted molar refractivity (Wildman–Crippen MR) is 207 cm³/mol. The van der Waals surface area contributed by atoms with Crippen LogP contribution in [0.15, 0.2) is 36.4 Å². The van der Waals surface area contributed by atoms with Crippen LogP contribution in [0.2, 0.25) is 0 Å². The van der Waals surface area contributed by atoms with E-state index in [4.69, 9.17) is 4.74 Å². The van der Waals surface area contributed by atoms with Crippen molar-refractivity contribution in [1.82, 2.24) is 18.5 Å². The molecule has 4 heterocycles.